The summed E-state index contributed by atoms with van der Waals surface area (Å²) in [6.45, 7) is 0.323. The molecule has 0 aliphatic heterocycles. The highest BCUT2D eigenvalue weighted by Gasteiger charge is 2.19. The molecule has 0 fully saturated rings. The fourth-order valence-electron chi connectivity index (χ4n) is 4.20. The van der Waals surface area contributed by atoms with Crippen LogP contribution >= 0.6 is 0 Å². The zero-order valence-corrected chi connectivity index (χ0v) is 20.2. The maximum absolute atomic E-state index is 13.5. The van der Waals surface area contributed by atoms with Crippen LogP contribution in [0.25, 0.3) is 28.1 Å². The fraction of sp³-hybridized carbons (Fsp3) is 0.0667. The van der Waals surface area contributed by atoms with E-state index in [4.69, 9.17) is 5.11 Å². The Kier molecular flexibility index (Phi) is 6.59. The first-order valence-electron chi connectivity index (χ1n) is 11.7. The number of amides is 1. The first-order chi connectivity index (χ1) is 18.0. The van der Waals surface area contributed by atoms with Crippen LogP contribution in [0, 0.1) is 0 Å². The number of benzene rings is 3. The lowest BCUT2D eigenvalue weighted by molar-refractivity contribution is -0.131. The molecule has 5 rings (SSSR count). The van der Waals surface area contributed by atoms with Gasteiger partial charge < -0.3 is 10.0 Å². The van der Waals surface area contributed by atoms with E-state index in [9.17, 15) is 9.59 Å². The van der Waals surface area contributed by atoms with Crippen LogP contribution < -0.4 is 4.90 Å². The number of nitrogens with zero attached hydrogens (tertiary/aromatic N) is 4. The molecule has 2 heterocycles. The number of hydrogen-bond acceptors (Lipinski definition) is 4. The third kappa shape index (κ3) is 5.31. The Bertz CT molecular complexity index is 1610. The van der Waals surface area contributed by atoms with E-state index >= 15 is 0 Å². The fourth-order valence-corrected chi connectivity index (χ4v) is 4.20. The Labute approximate surface area is 213 Å². The van der Waals surface area contributed by atoms with Gasteiger partial charge in [0.25, 0.3) is 5.91 Å². The quantitative estimate of drug-likeness (QED) is 0.302. The van der Waals surface area contributed by atoms with Gasteiger partial charge in [0.2, 0.25) is 0 Å². The average Bonchev–Trinajstić information content (AvgIpc) is 3.31. The molecule has 5 aromatic rings. The molecule has 0 unspecified atom stereocenters. The van der Waals surface area contributed by atoms with E-state index in [2.05, 4.69) is 28.3 Å². The number of aryl methyl sites for hydroxylation is 1. The van der Waals surface area contributed by atoms with Crippen LogP contribution in [0.15, 0.2) is 104 Å². The highest BCUT2D eigenvalue weighted by molar-refractivity contribution is 6.06. The first kappa shape index (κ1) is 23.7. The van der Waals surface area contributed by atoms with E-state index in [-0.39, 0.29) is 5.91 Å². The summed E-state index contributed by atoms with van der Waals surface area (Å²) in [5.74, 6) is -1.22. The van der Waals surface area contributed by atoms with Crippen molar-refractivity contribution in [2.45, 2.75) is 6.54 Å². The molecule has 0 radical (unpaired) electrons. The number of carbonyl (C=O) groups is 2. The van der Waals surface area contributed by atoms with Gasteiger partial charge in [-0.1, -0.05) is 48.5 Å². The van der Waals surface area contributed by atoms with Crippen molar-refractivity contribution < 1.29 is 14.7 Å². The van der Waals surface area contributed by atoms with Gasteiger partial charge >= 0.3 is 5.97 Å². The van der Waals surface area contributed by atoms with Crippen LogP contribution in [-0.2, 0) is 18.4 Å². The molecule has 1 N–H and O–H groups in total. The van der Waals surface area contributed by atoms with E-state index < -0.39 is 5.97 Å². The maximum Gasteiger partial charge on any atom is 0.328 e. The molecular formula is C30H24N4O3. The SMILES string of the molecule is Cn1ncc2cc(-c3ccc(CN(C(=O)c4ccccc4)c4cncc(/C=C/C(=O)O)c4)cc3)ccc21. The topological polar surface area (TPSA) is 88.3 Å². The summed E-state index contributed by atoms with van der Waals surface area (Å²) < 4.78 is 1.85. The monoisotopic (exact) mass is 488 g/mol. The van der Waals surface area contributed by atoms with Gasteiger partial charge in [-0.05, 0) is 58.7 Å². The summed E-state index contributed by atoms with van der Waals surface area (Å²) >= 11 is 0. The third-order valence-electron chi connectivity index (χ3n) is 6.12. The molecule has 0 aliphatic rings. The molecule has 0 spiro atoms. The number of carbonyl (C=O) groups excluding carboxylic acids is 1. The van der Waals surface area contributed by atoms with Crippen molar-refractivity contribution >= 4 is 34.5 Å². The summed E-state index contributed by atoms with van der Waals surface area (Å²) in [5.41, 5.74) is 5.89. The molecule has 7 nitrogen and oxygen atoms in total. The third-order valence-corrected chi connectivity index (χ3v) is 6.12. The highest BCUT2D eigenvalue weighted by Crippen LogP contribution is 2.26. The summed E-state index contributed by atoms with van der Waals surface area (Å²) in [5, 5.41) is 14.4. The highest BCUT2D eigenvalue weighted by atomic mass is 16.4. The van der Waals surface area contributed by atoms with E-state index in [1.165, 1.54) is 6.08 Å². The largest absolute Gasteiger partial charge is 0.478 e. The second-order valence-electron chi connectivity index (χ2n) is 8.64. The van der Waals surface area contributed by atoms with E-state index in [1.54, 1.807) is 35.5 Å². The lowest BCUT2D eigenvalue weighted by Crippen LogP contribution is -2.30. The summed E-state index contributed by atoms with van der Waals surface area (Å²) in [6, 6.07) is 25.2. The molecule has 0 aliphatic carbocycles. The van der Waals surface area contributed by atoms with Gasteiger partial charge in [-0.15, -0.1) is 0 Å². The van der Waals surface area contributed by atoms with Crippen LogP contribution in [0.4, 0.5) is 5.69 Å². The van der Waals surface area contributed by atoms with Gasteiger partial charge in [-0.2, -0.15) is 5.10 Å². The molecule has 7 heteroatoms. The second-order valence-corrected chi connectivity index (χ2v) is 8.64. The molecular weight excluding hydrogens is 464 g/mol. The number of fused-ring (bicyclic) bond motifs is 1. The van der Waals surface area contributed by atoms with Crippen LogP contribution in [0.3, 0.4) is 0 Å². The second kappa shape index (κ2) is 10.3. The number of hydrogen-bond donors (Lipinski definition) is 1. The Morgan fingerprint density at radius 3 is 2.43 bits per heavy atom. The number of aromatic nitrogens is 3. The number of pyridine rings is 1. The zero-order chi connectivity index (χ0) is 25.8. The zero-order valence-electron chi connectivity index (χ0n) is 20.2. The molecule has 0 atom stereocenters. The summed E-state index contributed by atoms with van der Waals surface area (Å²) in [4.78, 5) is 30.4. The molecule has 0 saturated heterocycles. The number of carboxylic acid groups (broad SMARTS) is 1. The molecule has 3 aromatic carbocycles. The number of rotatable bonds is 7. The van der Waals surface area contributed by atoms with Crippen molar-refractivity contribution in [1.29, 1.82) is 0 Å². The molecule has 37 heavy (non-hydrogen) atoms. The minimum absolute atomic E-state index is 0.173. The van der Waals surface area contributed by atoms with Crippen LogP contribution in [0.5, 0.6) is 0 Å². The van der Waals surface area contributed by atoms with Gasteiger partial charge in [0.15, 0.2) is 0 Å². The normalized spacial score (nSPS) is 11.2. The number of anilines is 1. The summed E-state index contributed by atoms with van der Waals surface area (Å²) in [7, 11) is 1.92. The Hall–Kier alpha value is -5.04. The molecule has 182 valence electrons. The minimum Gasteiger partial charge on any atom is -0.478 e. The lowest BCUT2D eigenvalue weighted by Gasteiger charge is -2.23. The maximum atomic E-state index is 13.5. The Balaban J connectivity index is 1.45. The lowest BCUT2D eigenvalue weighted by atomic mass is 10.0. The number of carboxylic acids is 1. The van der Waals surface area contributed by atoms with E-state index in [0.717, 1.165) is 33.7 Å². The average molecular weight is 489 g/mol. The molecule has 0 bridgehead atoms. The Morgan fingerprint density at radius 1 is 0.919 bits per heavy atom. The van der Waals surface area contributed by atoms with E-state index in [1.807, 2.05) is 60.4 Å². The van der Waals surface area contributed by atoms with Gasteiger partial charge in [0.1, 0.15) is 0 Å². The van der Waals surface area contributed by atoms with Crippen LogP contribution in [0.1, 0.15) is 21.5 Å². The van der Waals surface area contributed by atoms with Crippen LogP contribution in [-0.4, -0.2) is 31.7 Å². The number of aliphatic carboxylic acids is 1. The molecule has 0 saturated carbocycles. The Morgan fingerprint density at radius 2 is 1.68 bits per heavy atom. The molecule has 2 aromatic heterocycles. The van der Waals surface area contributed by atoms with Crippen molar-refractivity contribution in [1.82, 2.24) is 14.8 Å². The standard InChI is InChI=1S/C30H24N4O3/c1-33-28-13-12-25(16-26(28)18-32-33)23-10-7-21(8-11-23)20-34(30(37)24-5-3-2-4-6-24)27-15-22(17-31-19-27)9-14-29(35)36/h2-19H,20H2,1H3,(H,35,36)/b14-9+. The van der Waals surface area contributed by atoms with Crippen LogP contribution in [0.2, 0.25) is 0 Å². The van der Waals surface area contributed by atoms with E-state index in [0.29, 0.717) is 23.4 Å². The van der Waals surface area contributed by atoms with Gasteiger partial charge in [0.05, 0.1) is 30.1 Å². The van der Waals surface area contributed by atoms with Gasteiger partial charge in [-0.3, -0.25) is 14.5 Å². The van der Waals surface area contributed by atoms with Crippen molar-refractivity contribution in [3.63, 3.8) is 0 Å². The predicted octanol–water partition coefficient (Wildman–Crippen LogP) is 5.58. The smallest absolute Gasteiger partial charge is 0.328 e. The minimum atomic E-state index is -1.05. The molecule has 1 amide bonds. The van der Waals surface area contributed by atoms with Crippen molar-refractivity contribution in [2.75, 3.05) is 4.90 Å². The van der Waals surface area contributed by atoms with Gasteiger partial charge in [-0.25, -0.2) is 4.79 Å². The van der Waals surface area contributed by atoms with Gasteiger partial charge in [0, 0.05) is 30.3 Å². The predicted molar refractivity (Wildman–Crippen MR) is 144 cm³/mol. The van der Waals surface area contributed by atoms with Crippen molar-refractivity contribution in [3.8, 4) is 11.1 Å². The van der Waals surface area contributed by atoms with Crippen molar-refractivity contribution in [2.24, 2.45) is 7.05 Å². The van der Waals surface area contributed by atoms with Crippen molar-refractivity contribution in [3.05, 3.63) is 120 Å². The first-order valence-corrected chi connectivity index (χ1v) is 11.7. The summed E-state index contributed by atoms with van der Waals surface area (Å²) in [6.07, 6.45) is 7.52.